The van der Waals surface area contributed by atoms with Crippen LogP contribution in [0, 0.1) is 6.92 Å². The zero-order valence-electron chi connectivity index (χ0n) is 20.6. The molecule has 9 heteroatoms. The van der Waals surface area contributed by atoms with Crippen molar-refractivity contribution in [1.82, 2.24) is 5.32 Å². The quantitative estimate of drug-likeness (QED) is 0.451. The number of carbonyl (C=O) groups excluding carboxylic acids is 1. The largest absolute Gasteiger partial charge is 0.495 e. The van der Waals surface area contributed by atoms with Crippen LogP contribution in [-0.4, -0.2) is 33.6 Å². The Morgan fingerprint density at radius 3 is 2.53 bits per heavy atom. The van der Waals surface area contributed by atoms with Gasteiger partial charge in [0, 0.05) is 12.0 Å². The van der Waals surface area contributed by atoms with Crippen LogP contribution in [0.2, 0.25) is 5.02 Å². The Morgan fingerprint density at radius 2 is 1.86 bits per heavy atom. The summed E-state index contributed by atoms with van der Waals surface area (Å²) in [5.74, 6) is 0.660. The van der Waals surface area contributed by atoms with Crippen LogP contribution in [0.25, 0.3) is 0 Å². The zero-order chi connectivity index (χ0) is 26.1. The lowest BCUT2D eigenvalue weighted by Crippen LogP contribution is -2.45. The Kier molecular flexibility index (Phi) is 7.20. The van der Waals surface area contributed by atoms with Crippen molar-refractivity contribution in [3.05, 3.63) is 82.9 Å². The lowest BCUT2D eigenvalue weighted by molar-refractivity contribution is -0.120. The van der Waals surface area contributed by atoms with Gasteiger partial charge in [-0.3, -0.25) is 9.10 Å². The molecule has 0 saturated heterocycles. The van der Waals surface area contributed by atoms with Crippen molar-refractivity contribution < 1.29 is 22.7 Å². The second kappa shape index (κ2) is 10.0. The molecule has 36 heavy (non-hydrogen) atoms. The van der Waals surface area contributed by atoms with E-state index in [1.165, 1.54) is 25.3 Å². The molecule has 0 aromatic heterocycles. The molecule has 1 N–H and O–H groups in total. The smallest absolute Gasteiger partial charge is 0.264 e. The predicted octanol–water partition coefficient (Wildman–Crippen LogP) is 5.27. The van der Waals surface area contributed by atoms with Gasteiger partial charge < -0.3 is 14.8 Å². The number of halogens is 1. The fourth-order valence-electron chi connectivity index (χ4n) is 4.32. The molecular weight excluding hydrogens is 500 g/mol. The molecule has 0 aliphatic carbocycles. The highest BCUT2D eigenvalue weighted by Gasteiger charge is 2.35. The maximum Gasteiger partial charge on any atom is 0.264 e. The fraction of sp³-hybridized carbons (Fsp3) is 0.296. The molecule has 1 unspecified atom stereocenters. The maximum atomic E-state index is 13.6. The number of sulfonamides is 1. The zero-order valence-corrected chi connectivity index (χ0v) is 22.2. The molecule has 0 bridgehead atoms. The highest BCUT2D eigenvalue weighted by Crippen LogP contribution is 2.40. The van der Waals surface area contributed by atoms with Gasteiger partial charge in [0.25, 0.3) is 10.0 Å². The van der Waals surface area contributed by atoms with Crippen molar-refractivity contribution in [2.75, 3.05) is 18.0 Å². The number of fused-ring (bicyclic) bond motifs is 1. The van der Waals surface area contributed by atoms with Crippen molar-refractivity contribution in [1.29, 1.82) is 0 Å². The first-order chi connectivity index (χ1) is 17.0. The highest BCUT2D eigenvalue weighted by atomic mass is 35.5. The number of methoxy groups -OCH3 is 1. The van der Waals surface area contributed by atoms with Crippen LogP contribution in [0.4, 0.5) is 5.69 Å². The standard InChI is InChI=1S/C27H29ClN2O5S/c1-18-10-12-24-21(14-18)23(16-27(2,3)35-24)29-26(31)17-30(19-11-13-25(34-4)22(28)15-19)36(32,33)20-8-6-5-7-9-20/h5-15,23H,16-17H2,1-4H3,(H,29,31). The van der Waals surface area contributed by atoms with Gasteiger partial charge in [0.2, 0.25) is 5.91 Å². The summed E-state index contributed by atoms with van der Waals surface area (Å²) in [6.45, 7) is 5.46. The average molecular weight is 529 g/mol. The Balaban J connectivity index is 1.67. The van der Waals surface area contributed by atoms with E-state index in [1.807, 2.05) is 39.0 Å². The molecule has 7 nitrogen and oxygen atoms in total. The molecule has 0 spiro atoms. The number of nitrogens with zero attached hydrogens (tertiary/aromatic N) is 1. The Bertz CT molecular complexity index is 1380. The number of hydrogen-bond donors (Lipinski definition) is 1. The highest BCUT2D eigenvalue weighted by molar-refractivity contribution is 7.92. The third-order valence-electron chi connectivity index (χ3n) is 6.00. The van der Waals surface area contributed by atoms with Gasteiger partial charge in [0.05, 0.1) is 28.8 Å². The summed E-state index contributed by atoms with van der Waals surface area (Å²) >= 11 is 6.30. The monoisotopic (exact) mass is 528 g/mol. The molecule has 3 aromatic rings. The molecule has 1 atom stereocenters. The number of rotatable bonds is 7. The summed E-state index contributed by atoms with van der Waals surface area (Å²) in [4.78, 5) is 13.4. The molecule has 1 amide bonds. The molecule has 0 fully saturated rings. The van der Waals surface area contributed by atoms with Crippen LogP contribution in [0.5, 0.6) is 11.5 Å². The predicted molar refractivity (Wildman–Crippen MR) is 140 cm³/mol. The summed E-state index contributed by atoms with van der Waals surface area (Å²) in [6, 6.07) is 18.1. The maximum absolute atomic E-state index is 13.6. The minimum Gasteiger partial charge on any atom is -0.495 e. The topological polar surface area (TPSA) is 84.9 Å². The second-order valence-corrected chi connectivity index (χ2v) is 11.6. The number of amides is 1. The van der Waals surface area contributed by atoms with E-state index in [0.29, 0.717) is 17.9 Å². The van der Waals surface area contributed by atoms with Crippen molar-refractivity contribution in [3.63, 3.8) is 0 Å². The van der Waals surface area contributed by atoms with E-state index >= 15 is 0 Å². The number of benzene rings is 3. The van der Waals surface area contributed by atoms with E-state index in [-0.39, 0.29) is 21.6 Å². The van der Waals surface area contributed by atoms with Gasteiger partial charge in [0.1, 0.15) is 23.6 Å². The minimum absolute atomic E-state index is 0.0675. The normalized spacial score (nSPS) is 16.4. The summed E-state index contributed by atoms with van der Waals surface area (Å²) in [7, 11) is -2.59. The van der Waals surface area contributed by atoms with Gasteiger partial charge >= 0.3 is 0 Å². The molecule has 1 aliphatic heterocycles. The minimum atomic E-state index is -4.07. The summed E-state index contributed by atoms with van der Waals surface area (Å²) in [6.07, 6.45) is 0.537. The first-order valence-corrected chi connectivity index (χ1v) is 13.3. The van der Waals surface area contributed by atoms with Crippen molar-refractivity contribution in [3.8, 4) is 11.5 Å². The van der Waals surface area contributed by atoms with Crippen molar-refractivity contribution in [2.24, 2.45) is 0 Å². The number of anilines is 1. The van der Waals surface area contributed by atoms with Crippen LogP contribution in [0.3, 0.4) is 0 Å². The number of aryl methyl sites for hydroxylation is 1. The second-order valence-electron chi connectivity index (χ2n) is 9.37. The van der Waals surface area contributed by atoms with E-state index in [9.17, 15) is 13.2 Å². The Hall–Kier alpha value is -3.23. The van der Waals surface area contributed by atoms with Gasteiger partial charge in [0.15, 0.2) is 0 Å². The van der Waals surface area contributed by atoms with E-state index in [1.54, 1.807) is 30.3 Å². The lowest BCUT2D eigenvalue weighted by Gasteiger charge is -2.38. The van der Waals surface area contributed by atoms with Crippen LogP contribution in [0.15, 0.2) is 71.6 Å². The van der Waals surface area contributed by atoms with Gasteiger partial charge in [-0.15, -0.1) is 0 Å². The Morgan fingerprint density at radius 1 is 1.14 bits per heavy atom. The van der Waals surface area contributed by atoms with Crippen LogP contribution < -0.4 is 19.1 Å². The van der Waals surface area contributed by atoms with E-state index in [4.69, 9.17) is 21.1 Å². The molecule has 1 aliphatic rings. The van der Waals surface area contributed by atoms with Crippen molar-refractivity contribution in [2.45, 2.75) is 43.7 Å². The van der Waals surface area contributed by atoms with Gasteiger partial charge in [-0.2, -0.15) is 0 Å². The van der Waals surface area contributed by atoms with Crippen LogP contribution in [0.1, 0.15) is 37.4 Å². The summed E-state index contributed by atoms with van der Waals surface area (Å²) < 4.78 is 39.6. The first kappa shape index (κ1) is 25.9. The summed E-state index contributed by atoms with van der Waals surface area (Å²) in [5.41, 5.74) is 1.66. The molecule has 0 radical (unpaired) electrons. The number of nitrogens with one attached hydrogen (secondary N) is 1. The number of hydrogen-bond acceptors (Lipinski definition) is 5. The average Bonchev–Trinajstić information content (AvgIpc) is 2.83. The fourth-order valence-corrected chi connectivity index (χ4v) is 6.00. The third kappa shape index (κ3) is 5.44. The molecule has 190 valence electrons. The van der Waals surface area contributed by atoms with Gasteiger partial charge in [-0.05, 0) is 57.2 Å². The number of ether oxygens (including phenoxy) is 2. The first-order valence-electron chi connectivity index (χ1n) is 11.5. The molecule has 3 aromatic carbocycles. The molecule has 4 rings (SSSR count). The Labute approximate surface area is 217 Å². The van der Waals surface area contributed by atoms with E-state index in [0.717, 1.165) is 15.4 Å². The molecule has 1 heterocycles. The molecule has 0 saturated carbocycles. The molecular formula is C27H29ClN2O5S. The van der Waals surface area contributed by atoms with Crippen LogP contribution in [-0.2, 0) is 14.8 Å². The van der Waals surface area contributed by atoms with Gasteiger partial charge in [-0.1, -0.05) is 47.5 Å². The SMILES string of the molecule is COc1ccc(N(CC(=O)NC2CC(C)(C)Oc3ccc(C)cc32)S(=O)(=O)c2ccccc2)cc1Cl. The van der Waals surface area contributed by atoms with E-state index in [2.05, 4.69) is 5.32 Å². The summed E-state index contributed by atoms with van der Waals surface area (Å²) in [5, 5.41) is 3.27. The van der Waals surface area contributed by atoms with Crippen LogP contribution >= 0.6 is 11.6 Å². The van der Waals surface area contributed by atoms with Crippen molar-refractivity contribution >= 4 is 33.2 Å². The number of carbonyl (C=O) groups is 1. The lowest BCUT2D eigenvalue weighted by atomic mass is 9.89. The van der Waals surface area contributed by atoms with Gasteiger partial charge in [-0.25, -0.2) is 8.42 Å². The third-order valence-corrected chi connectivity index (χ3v) is 8.08. The van der Waals surface area contributed by atoms with E-state index < -0.39 is 28.1 Å².